The number of rotatable bonds is 22. The summed E-state index contributed by atoms with van der Waals surface area (Å²) in [6.45, 7) is 4.62. The van der Waals surface area contributed by atoms with Crippen LogP contribution in [0.2, 0.25) is 0 Å². The smallest absolute Gasteiger partial charge is 0.00234 e. The van der Waals surface area contributed by atoms with Gasteiger partial charge in [0.2, 0.25) is 0 Å². The molecule has 0 amide bonds. The first-order valence-electron chi connectivity index (χ1n) is 18.9. The highest BCUT2D eigenvalue weighted by Gasteiger charge is 2.18. The third kappa shape index (κ3) is 8.35. The number of fused-ring (bicyclic) bond motifs is 2. The SMILES string of the molecule is CCCCCCCCCCCCc1cc2cccc3c4cccc5cccc(c(c1CCCCCCCCCCCC)c23)c54. The van der Waals surface area contributed by atoms with E-state index >= 15 is 0 Å². The summed E-state index contributed by atoms with van der Waals surface area (Å²) in [5, 5.41) is 11.7. The van der Waals surface area contributed by atoms with Crippen molar-refractivity contribution in [2.45, 2.75) is 155 Å². The van der Waals surface area contributed by atoms with Gasteiger partial charge in [-0.2, -0.15) is 0 Å². The Labute approximate surface area is 269 Å². The maximum Gasteiger partial charge on any atom is -0.00234 e. The number of aryl methyl sites for hydroxylation is 2. The molecule has 5 aromatic rings. The van der Waals surface area contributed by atoms with Crippen LogP contribution in [0.15, 0.2) is 60.7 Å². The van der Waals surface area contributed by atoms with Crippen LogP contribution in [-0.2, 0) is 12.8 Å². The summed E-state index contributed by atoms with van der Waals surface area (Å²) in [6, 6.07) is 23.6. The minimum absolute atomic E-state index is 1.22. The van der Waals surface area contributed by atoms with Crippen molar-refractivity contribution >= 4 is 43.1 Å². The molecule has 0 fully saturated rings. The minimum atomic E-state index is 1.22. The Balaban J connectivity index is 1.32. The molecule has 0 saturated carbocycles. The molecular formula is C44H60. The van der Waals surface area contributed by atoms with Crippen LogP contribution >= 0.6 is 0 Å². The molecule has 0 N–H and O–H groups in total. The molecule has 0 aliphatic carbocycles. The lowest BCUT2D eigenvalue weighted by atomic mass is 9.83. The Morgan fingerprint density at radius 2 is 0.795 bits per heavy atom. The van der Waals surface area contributed by atoms with Crippen LogP contribution in [0.5, 0.6) is 0 Å². The summed E-state index contributed by atoms with van der Waals surface area (Å²) < 4.78 is 0. The van der Waals surface area contributed by atoms with Crippen LogP contribution in [-0.4, -0.2) is 0 Å². The molecule has 0 heteroatoms. The van der Waals surface area contributed by atoms with Gasteiger partial charge in [0.05, 0.1) is 0 Å². The number of hydrogen-bond donors (Lipinski definition) is 0. The Kier molecular flexibility index (Phi) is 13.2. The zero-order chi connectivity index (χ0) is 30.4. The van der Waals surface area contributed by atoms with E-state index in [0.29, 0.717) is 0 Å². The fourth-order valence-electron chi connectivity index (χ4n) is 7.95. The van der Waals surface area contributed by atoms with Crippen LogP contribution in [0.1, 0.15) is 153 Å². The Morgan fingerprint density at radius 3 is 1.34 bits per heavy atom. The molecule has 0 atom stereocenters. The summed E-state index contributed by atoms with van der Waals surface area (Å²) in [4.78, 5) is 0. The normalized spacial score (nSPS) is 12.0. The summed E-state index contributed by atoms with van der Waals surface area (Å²) >= 11 is 0. The van der Waals surface area contributed by atoms with Crippen LogP contribution in [0.3, 0.4) is 0 Å². The van der Waals surface area contributed by atoms with Crippen LogP contribution in [0.25, 0.3) is 43.1 Å². The van der Waals surface area contributed by atoms with Crippen molar-refractivity contribution in [1.82, 2.24) is 0 Å². The van der Waals surface area contributed by atoms with Gasteiger partial charge in [0, 0.05) is 0 Å². The first-order valence-corrected chi connectivity index (χ1v) is 18.9. The van der Waals surface area contributed by atoms with E-state index in [0.717, 1.165) is 0 Å². The lowest BCUT2D eigenvalue weighted by Crippen LogP contribution is -2.00. The summed E-state index contributed by atoms with van der Waals surface area (Å²) in [7, 11) is 0. The fraction of sp³-hybridized carbons (Fsp3) is 0.545. The van der Waals surface area contributed by atoms with Crippen molar-refractivity contribution < 1.29 is 0 Å². The Hall–Kier alpha value is -2.60. The van der Waals surface area contributed by atoms with Gasteiger partial charge in [-0.15, -0.1) is 0 Å². The van der Waals surface area contributed by atoms with Gasteiger partial charge in [-0.05, 0) is 79.9 Å². The summed E-state index contributed by atoms with van der Waals surface area (Å²) in [5.41, 5.74) is 3.30. The van der Waals surface area contributed by atoms with Crippen molar-refractivity contribution in [2.75, 3.05) is 0 Å². The van der Waals surface area contributed by atoms with Gasteiger partial charge in [-0.1, -0.05) is 190 Å². The first-order chi connectivity index (χ1) is 21.8. The summed E-state index contributed by atoms with van der Waals surface area (Å²) in [5.74, 6) is 0. The highest BCUT2D eigenvalue weighted by atomic mass is 14.2. The maximum atomic E-state index is 2.59. The van der Waals surface area contributed by atoms with Gasteiger partial charge < -0.3 is 0 Å². The van der Waals surface area contributed by atoms with E-state index in [-0.39, 0.29) is 0 Å². The lowest BCUT2D eigenvalue weighted by molar-refractivity contribution is 0.553. The highest BCUT2D eigenvalue weighted by molar-refractivity contribution is 6.33. The van der Waals surface area contributed by atoms with Crippen molar-refractivity contribution in [1.29, 1.82) is 0 Å². The van der Waals surface area contributed by atoms with Crippen LogP contribution in [0.4, 0.5) is 0 Å². The molecule has 0 saturated heterocycles. The van der Waals surface area contributed by atoms with Crippen LogP contribution in [0, 0.1) is 0 Å². The average Bonchev–Trinajstić information content (AvgIpc) is 3.05. The maximum absolute atomic E-state index is 2.59. The topological polar surface area (TPSA) is 0 Å². The Bertz CT molecular complexity index is 1530. The second-order valence-electron chi connectivity index (χ2n) is 13.9. The van der Waals surface area contributed by atoms with Crippen molar-refractivity contribution in [2.24, 2.45) is 0 Å². The predicted molar refractivity (Wildman–Crippen MR) is 199 cm³/mol. The number of benzene rings is 5. The molecule has 236 valence electrons. The van der Waals surface area contributed by atoms with E-state index in [4.69, 9.17) is 0 Å². The van der Waals surface area contributed by atoms with E-state index in [1.54, 1.807) is 16.5 Å². The van der Waals surface area contributed by atoms with E-state index in [2.05, 4.69) is 74.5 Å². The minimum Gasteiger partial charge on any atom is -0.0654 e. The predicted octanol–water partition coefficient (Wildman–Crippen LogP) is 14.7. The quantitative estimate of drug-likeness (QED) is 0.0428. The average molecular weight is 589 g/mol. The van der Waals surface area contributed by atoms with E-state index < -0.39 is 0 Å². The summed E-state index contributed by atoms with van der Waals surface area (Å²) in [6.07, 6.45) is 30.5. The lowest BCUT2D eigenvalue weighted by Gasteiger charge is -2.20. The molecule has 0 aromatic heterocycles. The zero-order valence-electron chi connectivity index (χ0n) is 28.3. The van der Waals surface area contributed by atoms with Crippen molar-refractivity contribution in [3.8, 4) is 0 Å². The van der Waals surface area contributed by atoms with E-state index in [1.165, 1.54) is 179 Å². The molecule has 0 aliphatic heterocycles. The second-order valence-corrected chi connectivity index (χ2v) is 13.9. The van der Waals surface area contributed by atoms with E-state index in [9.17, 15) is 0 Å². The van der Waals surface area contributed by atoms with Gasteiger partial charge in [-0.25, -0.2) is 0 Å². The third-order valence-corrected chi connectivity index (χ3v) is 10.4. The molecular weight excluding hydrogens is 528 g/mol. The number of unbranched alkanes of at least 4 members (excludes halogenated alkanes) is 18. The van der Waals surface area contributed by atoms with Gasteiger partial charge in [0.25, 0.3) is 0 Å². The first kappa shape index (κ1) is 32.8. The van der Waals surface area contributed by atoms with Crippen molar-refractivity contribution in [3.63, 3.8) is 0 Å². The van der Waals surface area contributed by atoms with Gasteiger partial charge in [0.15, 0.2) is 0 Å². The molecule has 0 heterocycles. The monoisotopic (exact) mass is 588 g/mol. The standard InChI is InChI=1S/C44H60/c1-3-5-7-9-11-13-15-17-19-21-26-36-34-37-29-25-32-40-39-31-23-27-35-28-24-33-41(42(35)39)44(43(37)40)38(36)30-22-20-18-16-14-12-10-8-6-4-2/h23-25,27-29,31-34H,3-22,26,30H2,1-2H3. The molecule has 0 unspecified atom stereocenters. The Morgan fingerprint density at radius 1 is 0.364 bits per heavy atom. The molecule has 0 nitrogen and oxygen atoms in total. The fourth-order valence-corrected chi connectivity index (χ4v) is 7.95. The van der Waals surface area contributed by atoms with Gasteiger partial charge in [-0.3, -0.25) is 0 Å². The van der Waals surface area contributed by atoms with Crippen molar-refractivity contribution in [3.05, 3.63) is 71.8 Å². The van der Waals surface area contributed by atoms with Gasteiger partial charge in [0.1, 0.15) is 0 Å². The highest BCUT2D eigenvalue weighted by Crippen LogP contribution is 2.43. The second kappa shape index (κ2) is 17.8. The van der Waals surface area contributed by atoms with E-state index in [1.807, 2.05) is 0 Å². The zero-order valence-corrected chi connectivity index (χ0v) is 28.3. The van der Waals surface area contributed by atoms with Crippen LogP contribution < -0.4 is 0 Å². The van der Waals surface area contributed by atoms with Gasteiger partial charge >= 0.3 is 0 Å². The largest absolute Gasteiger partial charge is 0.0654 e. The molecule has 0 radical (unpaired) electrons. The molecule has 5 rings (SSSR count). The molecule has 0 bridgehead atoms. The number of hydrogen-bond acceptors (Lipinski definition) is 0. The molecule has 44 heavy (non-hydrogen) atoms. The molecule has 5 aromatic carbocycles. The molecule has 0 spiro atoms. The third-order valence-electron chi connectivity index (χ3n) is 10.4. The molecule has 0 aliphatic rings.